The van der Waals surface area contributed by atoms with Crippen molar-refractivity contribution in [3.05, 3.63) is 23.8 Å². The van der Waals surface area contributed by atoms with Crippen molar-refractivity contribution in [1.29, 1.82) is 5.26 Å². The number of nitriles is 1. The minimum Gasteiger partial charge on any atom is -0.478 e. The Balaban J connectivity index is 2.15. The van der Waals surface area contributed by atoms with E-state index in [1.165, 1.54) is 7.11 Å². The van der Waals surface area contributed by atoms with Gasteiger partial charge in [0.15, 0.2) is 6.10 Å². The van der Waals surface area contributed by atoms with Crippen LogP contribution in [0, 0.1) is 11.3 Å². The second kappa shape index (κ2) is 7.95. The van der Waals surface area contributed by atoms with Crippen LogP contribution >= 0.6 is 0 Å². The second-order valence-corrected chi connectivity index (χ2v) is 6.84. The van der Waals surface area contributed by atoms with Crippen LogP contribution in [-0.4, -0.2) is 42.8 Å². The number of hydrogen-bond donors (Lipinski definition) is 2. The molecule has 0 unspecified atom stereocenters. The third kappa shape index (κ3) is 5.10. The molecule has 1 heterocycles. The average Bonchev–Trinajstić information content (AvgIpc) is 2.58. The van der Waals surface area contributed by atoms with Gasteiger partial charge in [-0.15, -0.1) is 0 Å². The van der Waals surface area contributed by atoms with Crippen LogP contribution in [-0.2, 0) is 19.1 Å². The molecule has 2 amide bonds. The third-order valence-electron chi connectivity index (χ3n) is 3.58. The van der Waals surface area contributed by atoms with Crippen molar-refractivity contribution in [1.82, 2.24) is 5.32 Å². The first-order chi connectivity index (χ1) is 12.6. The summed E-state index contributed by atoms with van der Waals surface area (Å²) in [7, 11) is 1.17. The molecule has 0 fully saturated rings. The third-order valence-corrected chi connectivity index (χ3v) is 3.58. The minimum absolute atomic E-state index is 0.173. The zero-order valence-corrected chi connectivity index (χ0v) is 15.5. The van der Waals surface area contributed by atoms with Gasteiger partial charge in [-0.05, 0) is 32.9 Å². The van der Waals surface area contributed by atoms with Gasteiger partial charge in [0.1, 0.15) is 29.1 Å². The monoisotopic (exact) mass is 375 g/mol. The summed E-state index contributed by atoms with van der Waals surface area (Å²) >= 11 is 0. The molecule has 0 aliphatic carbocycles. The minimum atomic E-state index is -1.15. The molecule has 0 radical (unpaired) electrons. The number of para-hydroxylation sites is 1. The Kier molecular flexibility index (Phi) is 5.90. The van der Waals surface area contributed by atoms with Crippen LogP contribution in [0.3, 0.4) is 0 Å². The summed E-state index contributed by atoms with van der Waals surface area (Å²) < 4.78 is 15.4. The summed E-state index contributed by atoms with van der Waals surface area (Å²) in [4.78, 5) is 36.3. The number of ether oxygens (including phenoxy) is 3. The zero-order valence-electron chi connectivity index (χ0n) is 15.5. The topological polar surface area (TPSA) is 127 Å². The number of amides is 2. The highest BCUT2D eigenvalue weighted by Crippen LogP contribution is 2.33. The quantitative estimate of drug-likeness (QED) is 0.767. The maximum Gasteiger partial charge on any atom is 0.408 e. The average molecular weight is 375 g/mol. The van der Waals surface area contributed by atoms with Crippen molar-refractivity contribution >= 4 is 23.7 Å². The maximum atomic E-state index is 12.3. The summed E-state index contributed by atoms with van der Waals surface area (Å²) in [6.07, 6.45) is -2.06. The molecule has 1 aromatic rings. The Morgan fingerprint density at radius 3 is 2.70 bits per heavy atom. The molecule has 0 aromatic heterocycles. The molecule has 144 valence electrons. The first-order valence-corrected chi connectivity index (χ1v) is 8.22. The van der Waals surface area contributed by atoms with Crippen molar-refractivity contribution in [2.45, 2.75) is 44.9 Å². The van der Waals surface area contributed by atoms with E-state index in [4.69, 9.17) is 14.7 Å². The van der Waals surface area contributed by atoms with E-state index >= 15 is 0 Å². The first kappa shape index (κ1) is 20.0. The van der Waals surface area contributed by atoms with Gasteiger partial charge in [0.05, 0.1) is 12.7 Å². The fourth-order valence-electron chi connectivity index (χ4n) is 2.44. The number of nitrogens with one attached hydrogen (secondary N) is 2. The van der Waals surface area contributed by atoms with E-state index in [-0.39, 0.29) is 17.7 Å². The van der Waals surface area contributed by atoms with Crippen molar-refractivity contribution < 1.29 is 28.6 Å². The van der Waals surface area contributed by atoms with E-state index in [0.29, 0.717) is 5.75 Å². The number of alkyl carbamates (subject to hydrolysis) is 1. The normalized spacial score (nSPS) is 16.7. The van der Waals surface area contributed by atoms with Crippen LogP contribution in [0.25, 0.3) is 0 Å². The predicted molar refractivity (Wildman–Crippen MR) is 94.0 cm³/mol. The molecule has 0 saturated heterocycles. The van der Waals surface area contributed by atoms with Crippen LogP contribution in [0.15, 0.2) is 18.2 Å². The number of carbonyl (C=O) groups excluding carboxylic acids is 3. The molecule has 1 aromatic carbocycles. The largest absolute Gasteiger partial charge is 0.478 e. The number of methoxy groups -OCH3 is 1. The number of rotatable bonds is 4. The predicted octanol–water partition coefficient (Wildman–Crippen LogP) is 1.71. The molecular weight excluding hydrogens is 354 g/mol. The highest BCUT2D eigenvalue weighted by atomic mass is 16.6. The lowest BCUT2D eigenvalue weighted by Gasteiger charge is -2.29. The lowest BCUT2D eigenvalue weighted by Crippen LogP contribution is -2.49. The van der Waals surface area contributed by atoms with E-state index in [9.17, 15) is 14.4 Å². The van der Waals surface area contributed by atoms with Crippen molar-refractivity contribution in [2.75, 3.05) is 12.4 Å². The summed E-state index contributed by atoms with van der Waals surface area (Å²) in [5.41, 5.74) is -0.220. The fraction of sp³-hybridized carbons (Fsp3) is 0.444. The van der Waals surface area contributed by atoms with Gasteiger partial charge in [-0.1, -0.05) is 6.07 Å². The zero-order chi connectivity index (χ0) is 20.2. The molecule has 9 heteroatoms. The Labute approximate surface area is 156 Å². The van der Waals surface area contributed by atoms with Gasteiger partial charge in [-0.2, -0.15) is 5.26 Å². The molecule has 0 bridgehead atoms. The van der Waals surface area contributed by atoms with Crippen molar-refractivity contribution in [3.8, 4) is 11.8 Å². The van der Waals surface area contributed by atoms with Gasteiger partial charge >= 0.3 is 12.1 Å². The number of fused-ring (bicyclic) bond motifs is 1. The van der Waals surface area contributed by atoms with E-state index in [1.807, 2.05) is 6.07 Å². The number of nitrogens with zero attached hydrogens (tertiary/aromatic N) is 1. The molecule has 2 rings (SSSR count). The number of carbonyl (C=O) groups is 3. The van der Waals surface area contributed by atoms with Gasteiger partial charge < -0.3 is 24.8 Å². The molecule has 1 aliphatic rings. The molecule has 1 aliphatic heterocycles. The second-order valence-electron chi connectivity index (χ2n) is 6.84. The van der Waals surface area contributed by atoms with E-state index < -0.39 is 35.7 Å². The van der Waals surface area contributed by atoms with Gasteiger partial charge in [-0.25, -0.2) is 9.59 Å². The smallest absolute Gasteiger partial charge is 0.408 e. The van der Waals surface area contributed by atoms with Crippen LogP contribution < -0.4 is 15.4 Å². The van der Waals surface area contributed by atoms with Crippen molar-refractivity contribution in [2.24, 2.45) is 0 Å². The van der Waals surface area contributed by atoms with Gasteiger partial charge in [0.25, 0.3) is 5.91 Å². The number of hydrogen-bond acceptors (Lipinski definition) is 7. The van der Waals surface area contributed by atoms with Gasteiger partial charge in [0.2, 0.25) is 0 Å². The lowest BCUT2D eigenvalue weighted by molar-refractivity contribution is -0.144. The van der Waals surface area contributed by atoms with E-state index in [2.05, 4.69) is 15.4 Å². The molecule has 0 saturated carbocycles. The van der Waals surface area contributed by atoms with Crippen LogP contribution in [0.1, 0.15) is 32.8 Å². The molecular formula is C18H21N3O6. The summed E-state index contributed by atoms with van der Waals surface area (Å²) in [6, 6.07) is 5.57. The maximum absolute atomic E-state index is 12.3. The molecule has 27 heavy (non-hydrogen) atoms. The van der Waals surface area contributed by atoms with Gasteiger partial charge in [0, 0.05) is 6.42 Å². The first-order valence-electron chi connectivity index (χ1n) is 8.22. The van der Waals surface area contributed by atoms with Crippen LogP contribution in [0.4, 0.5) is 10.5 Å². The Morgan fingerprint density at radius 2 is 2.11 bits per heavy atom. The number of anilines is 1. The van der Waals surface area contributed by atoms with Crippen LogP contribution in [0.5, 0.6) is 5.75 Å². The summed E-state index contributed by atoms with van der Waals surface area (Å²) in [5, 5.41) is 14.1. The lowest BCUT2D eigenvalue weighted by atomic mass is 10.1. The van der Waals surface area contributed by atoms with Gasteiger partial charge in [-0.3, -0.25) is 4.79 Å². The Morgan fingerprint density at radius 1 is 1.41 bits per heavy atom. The number of esters is 1. The van der Waals surface area contributed by atoms with Crippen molar-refractivity contribution in [3.63, 3.8) is 0 Å². The van der Waals surface area contributed by atoms with Crippen LogP contribution in [0.2, 0.25) is 0 Å². The summed E-state index contributed by atoms with van der Waals surface area (Å²) in [5.74, 6) is -0.974. The Bertz CT molecular complexity index is 793. The highest BCUT2D eigenvalue weighted by molar-refractivity contribution is 5.99. The molecule has 2 atom stereocenters. The molecule has 0 spiro atoms. The van der Waals surface area contributed by atoms with E-state index in [1.54, 1.807) is 39.0 Å². The highest BCUT2D eigenvalue weighted by Gasteiger charge is 2.35. The SMILES string of the molecule is COC(=O)[C@H](C[C@@H]1Oc2cccc(C#N)c2NC1=O)NC(=O)OC(C)(C)C. The Hall–Kier alpha value is -3.28. The fourth-order valence-corrected chi connectivity index (χ4v) is 2.44. The summed E-state index contributed by atoms with van der Waals surface area (Å²) in [6.45, 7) is 5.05. The molecule has 2 N–H and O–H groups in total. The van der Waals surface area contributed by atoms with E-state index in [0.717, 1.165) is 0 Å². The standard InChI is InChI=1S/C18H21N3O6/c1-18(2,3)27-17(24)20-11(16(23)25-4)8-13-15(22)21-14-10(9-19)6-5-7-12(14)26-13/h5-7,11,13H,8H2,1-4H3,(H,20,24)(H,21,22)/t11-,13-/m0/s1. The molecule has 9 nitrogen and oxygen atoms in total. The number of benzene rings is 1.